The number of aliphatic hydroxyl groups excluding tert-OH is 1. The molecule has 3 amide bonds. The van der Waals surface area contributed by atoms with Crippen LogP contribution in [0.4, 0.5) is 10.5 Å². The third-order valence-corrected chi connectivity index (χ3v) is 6.44. The minimum absolute atomic E-state index is 0.0573. The van der Waals surface area contributed by atoms with Crippen molar-refractivity contribution in [1.29, 1.82) is 0 Å². The summed E-state index contributed by atoms with van der Waals surface area (Å²) in [6.07, 6.45) is 1.94. The summed E-state index contributed by atoms with van der Waals surface area (Å²) in [7, 11) is 1.61. The molecule has 0 unspecified atom stereocenters. The van der Waals surface area contributed by atoms with Crippen LogP contribution in [0.25, 0.3) is 0 Å². The Bertz CT molecular complexity index is 1130. The molecule has 35 heavy (non-hydrogen) atoms. The summed E-state index contributed by atoms with van der Waals surface area (Å²) in [5.74, 6) is 1.17. The van der Waals surface area contributed by atoms with Crippen molar-refractivity contribution < 1.29 is 24.2 Å². The number of benzene rings is 2. The van der Waals surface area contributed by atoms with Gasteiger partial charge >= 0.3 is 6.03 Å². The second-order valence-corrected chi connectivity index (χ2v) is 8.81. The molecule has 4 rings (SSSR count). The van der Waals surface area contributed by atoms with Crippen molar-refractivity contribution in [1.82, 2.24) is 5.32 Å². The number of carbonyl (C=O) groups is 2. The molecule has 1 saturated carbocycles. The van der Waals surface area contributed by atoms with Gasteiger partial charge in [0.1, 0.15) is 0 Å². The Morgan fingerprint density at radius 3 is 2.77 bits per heavy atom. The number of nitrogens with one attached hydrogen (secondary N) is 2. The van der Waals surface area contributed by atoms with E-state index in [-0.39, 0.29) is 36.9 Å². The molecule has 0 aromatic heterocycles. The molecule has 2 aromatic carbocycles. The Morgan fingerprint density at radius 2 is 2.03 bits per heavy atom. The van der Waals surface area contributed by atoms with Gasteiger partial charge in [-0.2, -0.15) is 0 Å². The number of aliphatic imine (C=N–C) groups is 1. The van der Waals surface area contributed by atoms with Crippen LogP contribution in [-0.2, 0) is 4.79 Å². The summed E-state index contributed by atoms with van der Waals surface area (Å²) in [5.41, 5.74) is 9.41. The lowest BCUT2D eigenvalue weighted by Crippen LogP contribution is -2.34. The van der Waals surface area contributed by atoms with Gasteiger partial charge in [-0.3, -0.25) is 9.79 Å². The highest BCUT2D eigenvalue weighted by molar-refractivity contribution is 6.15. The van der Waals surface area contributed by atoms with E-state index in [1.807, 2.05) is 43.3 Å². The smallest absolute Gasteiger partial charge is 0.312 e. The van der Waals surface area contributed by atoms with Crippen LogP contribution in [0.3, 0.4) is 0 Å². The lowest BCUT2D eigenvalue weighted by molar-refractivity contribution is -0.116. The Morgan fingerprint density at radius 1 is 1.20 bits per heavy atom. The number of aliphatic hydroxyl groups is 1. The standard InChI is InChI=1S/C26H32N4O5/c1-3-35-23-13-18-19-12-17(31)7-8-21(19)30-25(20(18)14-22(23)34-2)15-5-4-6-16(11-15)29-24(32)9-10-28-26(27)33/h4-6,11,13-14,17,19,21,31H,3,7-10,12H2,1-2H3,(H,29,32)(H3,27,28,33)/t17-,19-,21-/m1/s1. The molecule has 1 aliphatic heterocycles. The van der Waals surface area contributed by atoms with E-state index in [4.69, 9.17) is 20.2 Å². The lowest BCUT2D eigenvalue weighted by atomic mass is 9.74. The lowest BCUT2D eigenvalue weighted by Gasteiger charge is -2.37. The second kappa shape index (κ2) is 10.8. The number of urea groups is 1. The van der Waals surface area contributed by atoms with Gasteiger partial charge in [-0.05, 0) is 56.0 Å². The Hall–Kier alpha value is -3.59. The molecule has 1 heterocycles. The van der Waals surface area contributed by atoms with Gasteiger partial charge in [-0.25, -0.2) is 4.79 Å². The van der Waals surface area contributed by atoms with Gasteiger partial charge in [0, 0.05) is 35.7 Å². The van der Waals surface area contributed by atoms with Crippen LogP contribution in [-0.4, -0.2) is 55.2 Å². The van der Waals surface area contributed by atoms with Gasteiger partial charge in [0.15, 0.2) is 11.5 Å². The van der Waals surface area contributed by atoms with Gasteiger partial charge in [-0.1, -0.05) is 12.1 Å². The topological polar surface area (TPSA) is 135 Å². The Kier molecular flexibility index (Phi) is 7.55. The van der Waals surface area contributed by atoms with E-state index >= 15 is 0 Å². The van der Waals surface area contributed by atoms with Crippen LogP contribution in [0.5, 0.6) is 11.5 Å². The Labute approximate surface area is 204 Å². The molecule has 9 heteroatoms. The van der Waals surface area contributed by atoms with Gasteiger partial charge in [0.25, 0.3) is 0 Å². The first-order valence-corrected chi connectivity index (χ1v) is 11.9. The molecule has 1 fully saturated rings. The summed E-state index contributed by atoms with van der Waals surface area (Å²) in [6, 6.07) is 10.9. The minimum Gasteiger partial charge on any atom is -0.493 e. The van der Waals surface area contributed by atoms with Crippen LogP contribution >= 0.6 is 0 Å². The van der Waals surface area contributed by atoms with Crippen molar-refractivity contribution in [2.45, 2.75) is 50.7 Å². The van der Waals surface area contributed by atoms with Crippen molar-refractivity contribution in [2.24, 2.45) is 10.7 Å². The first-order valence-electron chi connectivity index (χ1n) is 11.9. The zero-order valence-corrected chi connectivity index (χ0v) is 20.0. The molecule has 0 saturated heterocycles. The molecule has 3 atom stereocenters. The summed E-state index contributed by atoms with van der Waals surface area (Å²) in [6.45, 7) is 2.62. The fourth-order valence-electron chi connectivity index (χ4n) is 4.87. The predicted octanol–water partition coefficient (Wildman–Crippen LogP) is 2.94. The van der Waals surface area contributed by atoms with E-state index in [1.54, 1.807) is 7.11 Å². The number of amides is 3. The largest absolute Gasteiger partial charge is 0.493 e. The van der Waals surface area contributed by atoms with E-state index < -0.39 is 6.03 Å². The molecule has 9 nitrogen and oxygen atoms in total. The van der Waals surface area contributed by atoms with Crippen LogP contribution in [0.1, 0.15) is 55.2 Å². The monoisotopic (exact) mass is 480 g/mol. The molecular formula is C26H32N4O5. The van der Waals surface area contributed by atoms with Crippen molar-refractivity contribution in [3.05, 3.63) is 53.1 Å². The fourth-order valence-corrected chi connectivity index (χ4v) is 4.87. The number of fused-ring (bicyclic) bond motifs is 3. The molecule has 2 aliphatic rings. The average molecular weight is 481 g/mol. The Balaban J connectivity index is 1.68. The van der Waals surface area contributed by atoms with Crippen LogP contribution in [0.2, 0.25) is 0 Å². The van der Waals surface area contributed by atoms with E-state index in [2.05, 4.69) is 10.6 Å². The normalized spacial score (nSPS) is 20.7. The number of rotatable bonds is 8. The number of nitrogens with two attached hydrogens (primary N) is 1. The summed E-state index contributed by atoms with van der Waals surface area (Å²) in [4.78, 5) is 28.2. The van der Waals surface area contributed by atoms with Gasteiger partial charge < -0.3 is 30.9 Å². The average Bonchev–Trinajstić information content (AvgIpc) is 2.83. The molecule has 186 valence electrons. The predicted molar refractivity (Wildman–Crippen MR) is 133 cm³/mol. The van der Waals surface area contributed by atoms with E-state index in [0.717, 1.165) is 35.2 Å². The van der Waals surface area contributed by atoms with E-state index in [0.29, 0.717) is 30.2 Å². The zero-order chi connectivity index (χ0) is 24.9. The van der Waals surface area contributed by atoms with Crippen LogP contribution in [0.15, 0.2) is 41.4 Å². The number of methoxy groups -OCH3 is 1. The number of ether oxygens (including phenoxy) is 2. The van der Waals surface area contributed by atoms with Crippen molar-refractivity contribution in [2.75, 3.05) is 25.6 Å². The first-order chi connectivity index (χ1) is 16.9. The molecular weight excluding hydrogens is 448 g/mol. The number of primary amides is 1. The third kappa shape index (κ3) is 5.57. The fraction of sp³-hybridized carbons (Fsp3) is 0.423. The van der Waals surface area contributed by atoms with Crippen molar-refractivity contribution in [3.8, 4) is 11.5 Å². The quantitative estimate of drug-likeness (QED) is 0.461. The second-order valence-electron chi connectivity index (χ2n) is 8.81. The molecule has 0 radical (unpaired) electrons. The number of carbonyl (C=O) groups excluding carboxylic acids is 2. The van der Waals surface area contributed by atoms with Gasteiger partial charge in [-0.15, -0.1) is 0 Å². The minimum atomic E-state index is -0.662. The van der Waals surface area contributed by atoms with Crippen molar-refractivity contribution in [3.63, 3.8) is 0 Å². The van der Waals surface area contributed by atoms with E-state index in [9.17, 15) is 14.7 Å². The highest BCUT2D eigenvalue weighted by Crippen LogP contribution is 2.45. The van der Waals surface area contributed by atoms with E-state index in [1.165, 1.54) is 0 Å². The van der Waals surface area contributed by atoms with Crippen LogP contribution in [0, 0.1) is 0 Å². The maximum atomic E-state index is 12.3. The summed E-state index contributed by atoms with van der Waals surface area (Å²) in [5, 5.41) is 15.6. The highest BCUT2D eigenvalue weighted by atomic mass is 16.5. The number of hydrogen-bond donors (Lipinski definition) is 4. The number of hydrogen-bond acceptors (Lipinski definition) is 6. The van der Waals surface area contributed by atoms with Crippen LogP contribution < -0.4 is 25.8 Å². The van der Waals surface area contributed by atoms with Crippen molar-refractivity contribution >= 4 is 23.3 Å². The first kappa shape index (κ1) is 24.5. The van der Waals surface area contributed by atoms with Gasteiger partial charge in [0.05, 0.1) is 31.6 Å². The highest BCUT2D eigenvalue weighted by Gasteiger charge is 2.37. The summed E-state index contributed by atoms with van der Waals surface area (Å²) < 4.78 is 11.5. The van der Waals surface area contributed by atoms with Gasteiger partial charge in [0.2, 0.25) is 5.91 Å². The zero-order valence-electron chi connectivity index (χ0n) is 20.0. The number of nitrogens with zero attached hydrogens (tertiary/aromatic N) is 1. The molecule has 2 aromatic rings. The molecule has 0 spiro atoms. The number of anilines is 1. The summed E-state index contributed by atoms with van der Waals surface area (Å²) >= 11 is 0. The molecule has 1 aliphatic carbocycles. The maximum absolute atomic E-state index is 12.3. The maximum Gasteiger partial charge on any atom is 0.312 e. The molecule has 0 bridgehead atoms. The third-order valence-electron chi connectivity index (χ3n) is 6.44. The molecule has 5 N–H and O–H groups in total. The SMILES string of the molecule is CCOc1cc2c(cc1OC)C(c1cccc(NC(=O)CCNC(N)=O)c1)=N[C@@H]1CC[C@@H](O)C[C@H]21.